The molecule has 5 nitrogen and oxygen atoms in total. The van der Waals surface area contributed by atoms with Crippen molar-refractivity contribution in [3.8, 4) is 0 Å². The monoisotopic (exact) mass is 237 g/mol. The van der Waals surface area contributed by atoms with E-state index in [4.69, 9.17) is 9.47 Å². The van der Waals surface area contributed by atoms with Gasteiger partial charge in [0.15, 0.2) is 6.29 Å². The molecule has 0 N–H and O–H groups in total. The number of hydrogen-bond donors (Lipinski definition) is 2. The zero-order valence-electron chi connectivity index (χ0n) is 6.76. The number of nitrogens with zero attached hydrogens (tertiary/aromatic N) is 1. The predicted molar refractivity (Wildman–Crippen MR) is 56.1 cm³/mol. The second-order valence-corrected chi connectivity index (χ2v) is 2.88. The Balaban J connectivity index is 0. The summed E-state index contributed by atoms with van der Waals surface area (Å²) < 4.78 is 14.9. The van der Waals surface area contributed by atoms with Crippen molar-refractivity contribution in [3.63, 3.8) is 0 Å². The zero-order valence-corrected chi connectivity index (χ0v) is 8.55. The molecule has 74 valence electrons. The van der Waals surface area contributed by atoms with Crippen molar-refractivity contribution in [2.75, 3.05) is 20.8 Å². The number of methoxy groups -OCH3 is 2. The number of thiol groups is 2. The van der Waals surface area contributed by atoms with Gasteiger partial charge in [0.05, 0.1) is 0 Å². The van der Waals surface area contributed by atoms with E-state index in [1.807, 2.05) is 0 Å². The number of amides is 1. The number of hydrogen-bond acceptors (Lipinski definition) is 6. The summed E-state index contributed by atoms with van der Waals surface area (Å²) in [6.45, 7) is 0.00343. The van der Waals surface area contributed by atoms with Gasteiger partial charge in [-0.2, -0.15) is 3.71 Å². The van der Waals surface area contributed by atoms with E-state index >= 15 is 0 Å². The molecule has 0 saturated heterocycles. The van der Waals surface area contributed by atoms with Crippen LogP contribution < -0.4 is 0 Å². The second kappa shape index (κ2) is 9.45. The first-order valence-electron chi connectivity index (χ1n) is 3.02. The van der Waals surface area contributed by atoms with Crippen LogP contribution in [-0.4, -0.2) is 66.5 Å². The summed E-state index contributed by atoms with van der Waals surface area (Å²) in [7, 11) is 2.89. The molecule has 0 bridgehead atoms. The molecule has 0 fully saturated rings. The summed E-state index contributed by atoms with van der Waals surface area (Å²) in [4.78, 5) is 10.7. The summed E-state index contributed by atoms with van der Waals surface area (Å²) in [6, 6.07) is 0. The number of ether oxygens (including phenoxy) is 3. The Morgan fingerprint density at radius 3 is 2.15 bits per heavy atom. The average Bonchev–Trinajstić information content (AvgIpc) is 2.05. The van der Waals surface area contributed by atoms with Gasteiger partial charge in [0, 0.05) is 14.2 Å². The molecule has 0 saturated carbocycles. The van der Waals surface area contributed by atoms with Gasteiger partial charge in [-0.25, -0.2) is 4.79 Å². The molecule has 0 aromatic heterocycles. The molecule has 13 heavy (non-hydrogen) atoms. The molecule has 0 aromatic carbocycles. The Hall–Kier alpha value is 0.890. The van der Waals surface area contributed by atoms with E-state index in [0.717, 1.165) is 3.71 Å². The Labute approximate surface area is 110 Å². The van der Waals surface area contributed by atoms with Gasteiger partial charge >= 0.3 is 35.7 Å². The standard InChI is InChI=1S/C5H11NO4S2.Na.H/c1-8-4(9-2)3-10-5(7)6(11)12;;/h4,11-12H,3H2,1-2H3;;. The first-order chi connectivity index (χ1) is 5.61. The molecule has 1 amide bonds. The van der Waals surface area contributed by atoms with Crippen molar-refractivity contribution in [1.29, 1.82) is 0 Å². The molecule has 0 aliphatic rings. The van der Waals surface area contributed by atoms with Gasteiger partial charge in [-0.05, 0) is 25.6 Å². The van der Waals surface area contributed by atoms with Gasteiger partial charge in [0.2, 0.25) is 0 Å². The van der Waals surface area contributed by atoms with E-state index in [1.165, 1.54) is 14.2 Å². The molecule has 0 unspecified atom stereocenters. The van der Waals surface area contributed by atoms with E-state index < -0.39 is 12.4 Å². The molecular weight excluding hydrogens is 225 g/mol. The van der Waals surface area contributed by atoms with Gasteiger partial charge in [0.25, 0.3) is 0 Å². The minimum absolute atomic E-state index is 0. The summed E-state index contributed by atoms with van der Waals surface area (Å²) in [5.74, 6) is 0. The molecule has 0 aromatic rings. The molecule has 0 heterocycles. The van der Waals surface area contributed by atoms with E-state index in [9.17, 15) is 4.79 Å². The summed E-state index contributed by atoms with van der Waals surface area (Å²) in [6.07, 6.45) is -1.24. The van der Waals surface area contributed by atoms with Crippen LogP contribution in [0.2, 0.25) is 0 Å². The molecule has 0 aliphatic heterocycles. The molecule has 0 rings (SSSR count). The Morgan fingerprint density at radius 2 is 1.85 bits per heavy atom. The molecular formula is C5H12NNaO4S2. The van der Waals surface area contributed by atoms with Crippen LogP contribution in [0.4, 0.5) is 4.79 Å². The zero-order chi connectivity index (χ0) is 9.56. The van der Waals surface area contributed by atoms with Gasteiger partial charge < -0.3 is 14.2 Å². The van der Waals surface area contributed by atoms with Crippen molar-refractivity contribution >= 4 is 61.3 Å². The first-order valence-corrected chi connectivity index (χ1v) is 3.82. The molecule has 0 aliphatic carbocycles. The van der Waals surface area contributed by atoms with Crippen LogP contribution in [0.3, 0.4) is 0 Å². The van der Waals surface area contributed by atoms with Crippen molar-refractivity contribution in [3.05, 3.63) is 0 Å². The van der Waals surface area contributed by atoms with Crippen LogP contribution in [0, 0.1) is 0 Å². The minimum atomic E-state index is -0.680. The second-order valence-electron chi connectivity index (χ2n) is 1.77. The van der Waals surface area contributed by atoms with Gasteiger partial charge in [-0.3, -0.25) is 0 Å². The molecule has 0 radical (unpaired) electrons. The molecule has 8 heteroatoms. The fraction of sp³-hybridized carbons (Fsp3) is 0.800. The predicted octanol–water partition coefficient (Wildman–Crippen LogP) is 0.0850. The average molecular weight is 237 g/mol. The van der Waals surface area contributed by atoms with Crippen LogP contribution in [0.5, 0.6) is 0 Å². The van der Waals surface area contributed by atoms with Crippen molar-refractivity contribution in [1.82, 2.24) is 3.71 Å². The fourth-order valence-electron chi connectivity index (χ4n) is 0.429. The van der Waals surface area contributed by atoms with E-state index in [1.54, 1.807) is 0 Å². The van der Waals surface area contributed by atoms with Crippen LogP contribution in [0.15, 0.2) is 0 Å². The summed E-state index contributed by atoms with van der Waals surface area (Å²) in [5.41, 5.74) is 0. The third kappa shape index (κ3) is 7.92. The number of carbonyl (C=O) groups excluding carboxylic acids is 1. The summed E-state index contributed by atoms with van der Waals surface area (Å²) >= 11 is 7.19. The Bertz CT molecular complexity index is 144. The normalized spacial score (nSPS) is 9.31. The Morgan fingerprint density at radius 1 is 1.38 bits per heavy atom. The fourth-order valence-corrected chi connectivity index (χ4v) is 0.545. The van der Waals surface area contributed by atoms with Gasteiger partial charge in [-0.1, -0.05) is 0 Å². The third-order valence-electron chi connectivity index (χ3n) is 1.03. The first kappa shape index (κ1) is 16.3. The van der Waals surface area contributed by atoms with Crippen molar-refractivity contribution < 1.29 is 19.0 Å². The van der Waals surface area contributed by atoms with E-state index in [-0.39, 0.29) is 36.2 Å². The molecule has 0 atom stereocenters. The van der Waals surface area contributed by atoms with Crippen LogP contribution in [-0.2, 0) is 14.2 Å². The maximum atomic E-state index is 10.7. The number of carbonyl (C=O) groups is 1. The van der Waals surface area contributed by atoms with Crippen LogP contribution >= 0.6 is 25.6 Å². The van der Waals surface area contributed by atoms with Crippen molar-refractivity contribution in [2.45, 2.75) is 6.29 Å². The molecule has 0 spiro atoms. The van der Waals surface area contributed by atoms with Crippen LogP contribution in [0.25, 0.3) is 0 Å². The van der Waals surface area contributed by atoms with E-state index in [2.05, 4.69) is 30.4 Å². The van der Waals surface area contributed by atoms with Crippen molar-refractivity contribution in [2.24, 2.45) is 0 Å². The maximum absolute atomic E-state index is 10.7. The Kier molecular flexibility index (Phi) is 11.9. The van der Waals surface area contributed by atoms with E-state index in [0.29, 0.717) is 0 Å². The number of rotatable bonds is 4. The third-order valence-corrected chi connectivity index (χ3v) is 1.36. The summed E-state index contributed by atoms with van der Waals surface area (Å²) in [5, 5.41) is 0. The van der Waals surface area contributed by atoms with Gasteiger partial charge in [0.1, 0.15) is 6.61 Å². The quantitative estimate of drug-likeness (QED) is 0.413. The topological polar surface area (TPSA) is 48.0 Å². The van der Waals surface area contributed by atoms with Gasteiger partial charge in [-0.15, -0.1) is 0 Å². The SMILES string of the molecule is COC(COC(=O)N(S)S)OC.[NaH]. The van der Waals surface area contributed by atoms with Crippen LogP contribution in [0.1, 0.15) is 0 Å².